The van der Waals surface area contributed by atoms with Gasteiger partial charge in [-0.2, -0.15) is 0 Å². The summed E-state index contributed by atoms with van der Waals surface area (Å²) < 4.78 is 0. The predicted octanol–water partition coefficient (Wildman–Crippen LogP) is 0.761. The van der Waals surface area contributed by atoms with Gasteiger partial charge in [0.05, 0.1) is 0 Å². The van der Waals surface area contributed by atoms with Gasteiger partial charge in [-0.25, -0.2) is 0 Å². The third kappa shape index (κ3) is 0.234. The lowest BCUT2D eigenvalue weighted by molar-refractivity contribution is -0.131. The van der Waals surface area contributed by atoms with E-state index in [9.17, 15) is 4.79 Å². The molecule has 0 aliphatic heterocycles. The van der Waals surface area contributed by atoms with Crippen molar-refractivity contribution in [1.29, 1.82) is 0 Å². The summed E-state index contributed by atoms with van der Waals surface area (Å²) in [6, 6.07) is 0. The van der Waals surface area contributed by atoms with Crippen LogP contribution in [-0.4, -0.2) is 5.78 Å². The summed E-state index contributed by atoms with van der Waals surface area (Å²) in [5.74, 6) is 1.46. The normalized spacial score (nSPS) is 44.3. The van der Waals surface area contributed by atoms with Gasteiger partial charge in [0, 0.05) is 12.3 Å². The lowest BCUT2D eigenvalue weighted by atomic mass is 9.65. The summed E-state index contributed by atoms with van der Waals surface area (Å²) in [6.07, 6.45) is 4.93. The van der Waals surface area contributed by atoms with Crippen molar-refractivity contribution in [2.75, 3.05) is 0 Å². The number of hydrogen-bond acceptors (Lipinski definition) is 1. The molecule has 2 atom stereocenters. The highest BCUT2D eigenvalue weighted by molar-refractivity contribution is 5.91. The Labute approximate surface area is 42.0 Å². The van der Waals surface area contributed by atoms with Gasteiger partial charge in [0.15, 0.2) is 0 Å². The van der Waals surface area contributed by atoms with Crippen LogP contribution in [0.5, 0.6) is 0 Å². The molecule has 0 aromatic carbocycles. The standard InChI is InChI=1S/C6H6O/c7-6-3-4-1-2-5(4)6/h1-2,4-5H,3H2. The first kappa shape index (κ1) is 3.42. The number of Topliss-reactive ketones (excluding diaryl/α,β-unsaturated/α-hetero) is 1. The second-order valence-corrected chi connectivity index (χ2v) is 2.24. The highest BCUT2D eigenvalue weighted by Crippen LogP contribution is 2.39. The van der Waals surface area contributed by atoms with E-state index in [0.29, 0.717) is 17.6 Å². The van der Waals surface area contributed by atoms with Gasteiger partial charge >= 0.3 is 0 Å². The zero-order valence-electron chi connectivity index (χ0n) is 3.92. The van der Waals surface area contributed by atoms with Crippen LogP contribution in [0, 0.1) is 11.8 Å². The van der Waals surface area contributed by atoms with Crippen LogP contribution in [0.2, 0.25) is 0 Å². The highest BCUT2D eigenvalue weighted by Gasteiger charge is 2.40. The number of carbonyl (C=O) groups excluding carboxylic acids is 1. The smallest absolute Gasteiger partial charge is 0.140 e. The minimum atomic E-state index is 0.361. The Balaban J connectivity index is 2.29. The van der Waals surface area contributed by atoms with Crippen molar-refractivity contribution in [1.82, 2.24) is 0 Å². The molecule has 2 aliphatic rings. The van der Waals surface area contributed by atoms with Gasteiger partial charge < -0.3 is 0 Å². The second kappa shape index (κ2) is 0.808. The van der Waals surface area contributed by atoms with Crippen LogP contribution in [0.25, 0.3) is 0 Å². The molecule has 0 aromatic rings. The van der Waals surface area contributed by atoms with Gasteiger partial charge in [0.1, 0.15) is 5.78 Å². The second-order valence-electron chi connectivity index (χ2n) is 2.24. The van der Waals surface area contributed by atoms with Crippen LogP contribution in [0.15, 0.2) is 12.2 Å². The Bertz CT molecular complexity index is 146. The van der Waals surface area contributed by atoms with Crippen LogP contribution < -0.4 is 0 Å². The van der Waals surface area contributed by atoms with Crippen molar-refractivity contribution in [2.24, 2.45) is 11.8 Å². The molecule has 1 nitrogen and oxygen atoms in total. The van der Waals surface area contributed by atoms with Crippen molar-refractivity contribution in [2.45, 2.75) is 6.42 Å². The molecular formula is C6H6O. The fourth-order valence-electron chi connectivity index (χ4n) is 1.13. The Morgan fingerprint density at radius 1 is 1.57 bits per heavy atom. The zero-order chi connectivity index (χ0) is 4.85. The molecule has 2 aliphatic carbocycles. The van der Waals surface area contributed by atoms with Gasteiger partial charge in [-0.3, -0.25) is 4.79 Å². The fourth-order valence-corrected chi connectivity index (χ4v) is 1.13. The number of fused-ring (bicyclic) bond motifs is 1. The Morgan fingerprint density at radius 2 is 2.43 bits per heavy atom. The number of hydrogen-bond donors (Lipinski definition) is 0. The number of rotatable bonds is 0. The van der Waals surface area contributed by atoms with E-state index in [1.165, 1.54) is 0 Å². The van der Waals surface area contributed by atoms with E-state index in [1.54, 1.807) is 0 Å². The Kier molecular flexibility index (Phi) is 0.394. The minimum Gasteiger partial charge on any atom is -0.299 e. The van der Waals surface area contributed by atoms with E-state index in [2.05, 4.69) is 6.08 Å². The van der Waals surface area contributed by atoms with E-state index in [-0.39, 0.29) is 0 Å². The van der Waals surface area contributed by atoms with Gasteiger partial charge in [-0.15, -0.1) is 0 Å². The maximum absolute atomic E-state index is 10.4. The van der Waals surface area contributed by atoms with Crippen LogP contribution in [0.1, 0.15) is 6.42 Å². The Hall–Kier alpha value is -0.590. The Morgan fingerprint density at radius 3 is 2.43 bits per heavy atom. The van der Waals surface area contributed by atoms with E-state index >= 15 is 0 Å². The summed E-state index contributed by atoms with van der Waals surface area (Å²) in [5.41, 5.74) is 0. The zero-order valence-corrected chi connectivity index (χ0v) is 3.92. The van der Waals surface area contributed by atoms with Crippen molar-refractivity contribution in [3.8, 4) is 0 Å². The molecule has 0 radical (unpaired) electrons. The summed E-state index contributed by atoms with van der Waals surface area (Å²) >= 11 is 0. The molecule has 2 rings (SSSR count). The monoisotopic (exact) mass is 94.0 g/mol. The molecule has 7 heavy (non-hydrogen) atoms. The van der Waals surface area contributed by atoms with Crippen molar-refractivity contribution in [3.63, 3.8) is 0 Å². The molecule has 1 fully saturated rings. The van der Waals surface area contributed by atoms with E-state index in [4.69, 9.17) is 0 Å². The van der Waals surface area contributed by atoms with Crippen molar-refractivity contribution in [3.05, 3.63) is 12.2 Å². The van der Waals surface area contributed by atoms with Gasteiger partial charge in [-0.1, -0.05) is 12.2 Å². The third-order valence-electron chi connectivity index (χ3n) is 1.84. The molecule has 36 valence electrons. The predicted molar refractivity (Wildman–Crippen MR) is 25.7 cm³/mol. The van der Waals surface area contributed by atoms with Gasteiger partial charge in [0.2, 0.25) is 0 Å². The van der Waals surface area contributed by atoms with E-state index in [1.807, 2.05) is 6.08 Å². The largest absolute Gasteiger partial charge is 0.299 e. The topological polar surface area (TPSA) is 17.1 Å². The first-order chi connectivity index (χ1) is 3.38. The molecule has 0 N–H and O–H groups in total. The fraction of sp³-hybridized carbons (Fsp3) is 0.500. The lowest BCUT2D eigenvalue weighted by Crippen LogP contribution is -2.39. The van der Waals surface area contributed by atoms with Crippen LogP contribution in [0.4, 0.5) is 0 Å². The maximum atomic E-state index is 10.4. The van der Waals surface area contributed by atoms with Crippen LogP contribution in [-0.2, 0) is 4.79 Å². The molecule has 0 amide bonds. The summed E-state index contributed by atoms with van der Waals surface area (Å²) in [6.45, 7) is 0. The third-order valence-corrected chi connectivity index (χ3v) is 1.84. The minimum absolute atomic E-state index is 0.361. The molecule has 0 bridgehead atoms. The molecule has 2 unspecified atom stereocenters. The summed E-state index contributed by atoms with van der Waals surface area (Å²) in [4.78, 5) is 10.4. The van der Waals surface area contributed by atoms with Crippen molar-refractivity contribution >= 4 is 5.78 Å². The number of allylic oxidation sites excluding steroid dienone is 2. The summed E-state index contributed by atoms with van der Waals surface area (Å²) in [5, 5.41) is 0. The average Bonchev–Trinajstić information content (AvgIpc) is 1.59. The molecular weight excluding hydrogens is 88.1 g/mol. The molecule has 0 aromatic heterocycles. The summed E-state index contributed by atoms with van der Waals surface area (Å²) in [7, 11) is 0. The molecule has 0 spiro atoms. The van der Waals surface area contributed by atoms with Crippen LogP contribution in [0.3, 0.4) is 0 Å². The maximum Gasteiger partial charge on any atom is 0.140 e. The highest BCUT2D eigenvalue weighted by atomic mass is 16.1. The average molecular weight is 94.1 g/mol. The molecule has 1 saturated carbocycles. The van der Waals surface area contributed by atoms with Gasteiger partial charge in [-0.05, 0) is 5.92 Å². The van der Waals surface area contributed by atoms with Crippen molar-refractivity contribution < 1.29 is 4.79 Å². The first-order valence-electron chi connectivity index (χ1n) is 2.59. The number of ketones is 1. The lowest BCUT2D eigenvalue weighted by Gasteiger charge is -2.37. The quantitative estimate of drug-likeness (QED) is 0.405. The van der Waals surface area contributed by atoms with E-state index < -0.39 is 0 Å². The molecule has 0 heterocycles. The molecule has 1 heteroatoms. The van der Waals surface area contributed by atoms with Gasteiger partial charge in [0.25, 0.3) is 0 Å². The molecule has 0 saturated heterocycles. The van der Waals surface area contributed by atoms with Crippen LogP contribution >= 0.6 is 0 Å². The number of carbonyl (C=O) groups is 1. The SMILES string of the molecule is O=C1CC2C=CC12. The van der Waals surface area contributed by atoms with E-state index in [0.717, 1.165) is 6.42 Å². The first-order valence-corrected chi connectivity index (χ1v) is 2.59.